The van der Waals surface area contributed by atoms with Gasteiger partial charge in [0.15, 0.2) is 16.6 Å². The summed E-state index contributed by atoms with van der Waals surface area (Å²) in [6, 6.07) is 8.81. The average molecular weight is 533 g/mol. The van der Waals surface area contributed by atoms with Crippen LogP contribution in [0.1, 0.15) is 12.0 Å². The minimum atomic E-state index is -2.64. The van der Waals surface area contributed by atoms with Crippen LogP contribution in [0.3, 0.4) is 0 Å². The molecule has 0 atom stereocenters. The van der Waals surface area contributed by atoms with Crippen molar-refractivity contribution in [2.24, 2.45) is 0 Å². The number of likely N-dealkylation sites (tertiary alicyclic amines) is 1. The summed E-state index contributed by atoms with van der Waals surface area (Å²) < 4.78 is 40.9. The zero-order valence-electron chi connectivity index (χ0n) is 19.8. The summed E-state index contributed by atoms with van der Waals surface area (Å²) in [6.07, 6.45) is 6.61. The SMILES string of the molecule is Fc1ccc(-c2ccnc3nc(-c4n[nH]c5cnc(-c6cncc(CN7CCC(F)(F)C7)c6)cc45)[nH]c23)s1. The molecule has 1 aliphatic heterocycles. The molecule has 0 unspecified atom stereocenters. The van der Waals surface area contributed by atoms with Crippen molar-refractivity contribution in [3.8, 4) is 33.2 Å². The van der Waals surface area contributed by atoms with E-state index in [4.69, 9.17) is 0 Å². The van der Waals surface area contributed by atoms with Gasteiger partial charge in [0.05, 0.1) is 29.5 Å². The van der Waals surface area contributed by atoms with Gasteiger partial charge in [0, 0.05) is 59.5 Å². The molecule has 7 heterocycles. The molecule has 0 aromatic carbocycles. The monoisotopic (exact) mass is 532 g/mol. The van der Waals surface area contributed by atoms with Gasteiger partial charge in [0.2, 0.25) is 0 Å². The van der Waals surface area contributed by atoms with Gasteiger partial charge in [-0.2, -0.15) is 9.49 Å². The molecule has 1 aliphatic rings. The number of nitrogens with one attached hydrogen (secondary N) is 2. The van der Waals surface area contributed by atoms with Gasteiger partial charge < -0.3 is 4.98 Å². The fourth-order valence-electron chi connectivity index (χ4n) is 4.86. The molecule has 8 nitrogen and oxygen atoms in total. The number of alkyl halides is 2. The van der Waals surface area contributed by atoms with Crippen LogP contribution in [0.5, 0.6) is 0 Å². The largest absolute Gasteiger partial charge is 0.335 e. The summed E-state index contributed by atoms with van der Waals surface area (Å²) >= 11 is 1.06. The van der Waals surface area contributed by atoms with Gasteiger partial charge in [-0.25, -0.2) is 18.7 Å². The normalized spacial score (nSPS) is 15.7. The van der Waals surface area contributed by atoms with Crippen molar-refractivity contribution < 1.29 is 13.2 Å². The predicted octanol–water partition coefficient (Wildman–Crippen LogP) is 5.67. The van der Waals surface area contributed by atoms with Gasteiger partial charge in [0.1, 0.15) is 5.69 Å². The van der Waals surface area contributed by atoms with Gasteiger partial charge in [-0.3, -0.25) is 20.0 Å². The van der Waals surface area contributed by atoms with Crippen LogP contribution in [0.25, 0.3) is 55.3 Å². The third-order valence-electron chi connectivity index (χ3n) is 6.65. The lowest BCUT2D eigenvalue weighted by Crippen LogP contribution is -2.24. The molecule has 0 amide bonds. The van der Waals surface area contributed by atoms with E-state index in [0.717, 1.165) is 43.8 Å². The highest BCUT2D eigenvalue weighted by Crippen LogP contribution is 2.34. The van der Waals surface area contributed by atoms with Crippen LogP contribution in [-0.4, -0.2) is 59.0 Å². The number of rotatable bonds is 5. The zero-order valence-corrected chi connectivity index (χ0v) is 20.6. The van der Waals surface area contributed by atoms with E-state index in [0.29, 0.717) is 41.5 Å². The highest BCUT2D eigenvalue weighted by molar-refractivity contribution is 7.14. The lowest BCUT2D eigenvalue weighted by Gasteiger charge is -2.15. The topological polar surface area (TPSA) is 99.3 Å². The van der Waals surface area contributed by atoms with Crippen LogP contribution in [0.2, 0.25) is 0 Å². The van der Waals surface area contributed by atoms with Crippen molar-refractivity contribution in [2.75, 3.05) is 13.1 Å². The number of pyridine rings is 3. The first kappa shape index (κ1) is 23.0. The standard InChI is InChI=1S/C26H19F3N8S/c27-21-2-1-20(38-21)16-3-5-31-24-22(16)33-25(34-24)23-17-8-18(32-11-19(17)35-36-23)15-7-14(9-30-10-15)12-37-6-4-26(28,29)13-37/h1-3,5,7-11H,4,6,12-13H2,(H,35,36)(H,31,33,34). The number of halogens is 3. The third-order valence-corrected chi connectivity index (χ3v) is 7.55. The Balaban J connectivity index is 1.24. The van der Waals surface area contributed by atoms with Crippen LogP contribution in [0.4, 0.5) is 13.2 Å². The maximum absolute atomic E-state index is 13.7. The molecule has 190 valence electrons. The number of imidazole rings is 1. The molecule has 1 fully saturated rings. The molecule has 0 spiro atoms. The van der Waals surface area contributed by atoms with Crippen LogP contribution in [0.15, 0.2) is 55.1 Å². The summed E-state index contributed by atoms with van der Waals surface area (Å²) in [5, 5.41) is 7.99. The fourth-order valence-corrected chi connectivity index (χ4v) is 5.62. The number of nitrogens with zero attached hydrogens (tertiary/aromatic N) is 6. The number of hydrogen-bond acceptors (Lipinski definition) is 7. The second-order valence-electron chi connectivity index (χ2n) is 9.33. The van der Waals surface area contributed by atoms with E-state index in [9.17, 15) is 13.2 Å². The van der Waals surface area contributed by atoms with Gasteiger partial charge in [-0.15, -0.1) is 11.3 Å². The Morgan fingerprint density at radius 3 is 2.82 bits per heavy atom. The van der Waals surface area contributed by atoms with E-state index in [1.165, 1.54) is 6.07 Å². The van der Waals surface area contributed by atoms with Crippen molar-refractivity contribution in [3.05, 3.63) is 65.8 Å². The molecule has 0 aliphatic carbocycles. The maximum Gasteiger partial charge on any atom is 0.261 e. The molecule has 12 heteroatoms. The predicted molar refractivity (Wildman–Crippen MR) is 138 cm³/mol. The molecule has 2 N–H and O–H groups in total. The van der Waals surface area contributed by atoms with Crippen molar-refractivity contribution in [2.45, 2.75) is 18.9 Å². The number of aromatic amines is 2. The Morgan fingerprint density at radius 1 is 1.08 bits per heavy atom. The quantitative estimate of drug-likeness (QED) is 0.297. The Labute approximate surface area is 217 Å². The van der Waals surface area contributed by atoms with E-state index < -0.39 is 5.92 Å². The first-order valence-corrected chi connectivity index (χ1v) is 12.7. The van der Waals surface area contributed by atoms with E-state index >= 15 is 0 Å². The van der Waals surface area contributed by atoms with Gasteiger partial charge in [-0.1, -0.05) is 0 Å². The van der Waals surface area contributed by atoms with E-state index in [2.05, 4.69) is 35.1 Å². The smallest absolute Gasteiger partial charge is 0.261 e. The lowest BCUT2D eigenvalue weighted by atomic mass is 10.1. The van der Waals surface area contributed by atoms with Crippen LogP contribution in [0, 0.1) is 5.13 Å². The van der Waals surface area contributed by atoms with Crippen molar-refractivity contribution in [3.63, 3.8) is 0 Å². The van der Waals surface area contributed by atoms with E-state index in [-0.39, 0.29) is 18.1 Å². The molecule has 7 rings (SSSR count). The number of aromatic nitrogens is 7. The molecular formula is C26H19F3N8S. The Kier molecular flexibility index (Phi) is 5.27. The van der Waals surface area contributed by atoms with Crippen molar-refractivity contribution in [1.29, 1.82) is 0 Å². The second-order valence-corrected chi connectivity index (χ2v) is 10.4. The van der Waals surface area contributed by atoms with Crippen LogP contribution >= 0.6 is 11.3 Å². The number of thiophene rings is 1. The summed E-state index contributed by atoms with van der Waals surface area (Å²) in [7, 11) is 0. The third kappa shape index (κ3) is 4.11. The van der Waals surface area contributed by atoms with Crippen LogP contribution in [-0.2, 0) is 6.54 Å². The first-order chi connectivity index (χ1) is 18.4. The average Bonchev–Trinajstić information content (AvgIpc) is 3.69. The molecule has 0 saturated carbocycles. The Hall–Kier alpha value is -4.16. The molecule has 6 aromatic heterocycles. The molecule has 1 saturated heterocycles. The molecule has 0 radical (unpaired) electrons. The fraction of sp³-hybridized carbons (Fsp3) is 0.192. The summed E-state index contributed by atoms with van der Waals surface area (Å²) in [4.78, 5) is 23.7. The van der Waals surface area contributed by atoms with E-state index in [1.54, 1.807) is 35.8 Å². The summed E-state index contributed by atoms with van der Waals surface area (Å²) in [6.45, 7) is 0.517. The zero-order chi connectivity index (χ0) is 25.9. The van der Waals surface area contributed by atoms with Gasteiger partial charge >= 0.3 is 0 Å². The van der Waals surface area contributed by atoms with Crippen molar-refractivity contribution in [1.82, 2.24) is 40.0 Å². The van der Waals surface area contributed by atoms with Gasteiger partial charge in [-0.05, 0) is 35.9 Å². The highest BCUT2D eigenvalue weighted by atomic mass is 32.1. The maximum atomic E-state index is 13.7. The second kappa shape index (κ2) is 8.71. The Morgan fingerprint density at radius 2 is 2.00 bits per heavy atom. The number of fused-ring (bicyclic) bond motifs is 2. The lowest BCUT2D eigenvalue weighted by molar-refractivity contribution is 0.0115. The molecule has 6 aromatic rings. The minimum absolute atomic E-state index is 0.120. The first-order valence-electron chi connectivity index (χ1n) is 11.9. The summed E-state index contributed by atoms with van der Waals surface area (Å²) in [5.41, 5.74) is 5.61. The van der Waals surface area contributed by atoms with Crippen LogP contribution < -0.4 is 0 Å². The molecular weight excluding hydrogens is 513 g/mol. The summed E-state index contributed by atoms with van der Waals surface area (Å²) in [5.74, 6) is -2.12. The van der Waals surface area contributed by atoms with Gasteiger partial charge in [0.25, 0.3) is 5.92 Å². The molecule has 0 bridgehead atoms. The highest BCUT2D eigenvalue weighted by Gasteiger charge is 2.37. The van der Waals surface area contributed by atoms with E-state index in [1.807, 2.05) is 18.2 Å². The molecule has 38 heavy (non-hydrogen) atoms. The van der Waals surface area contributed by atoms with Crippen molar-refractivity contribution >= 4 is 33.4 Å². The minimum Gasteiger partial charge on any atom is -0.335 e. The number of hydrogen-bond donors (Lipinski definition) is 2. The Bertz CT molecular complexity index is 1810. The number of H-pyrrole nitrogens is 2.